The molecule has 4 rings (SSSR count). The van der Waals surface area contributed by atoms with Gasteiger partial charge in [-0.05, 0) is 45.2 Å². The number of aliphatic hydroxyl groups excluding tert-OH is 1. The Hall–Kier alpha value is -3.00. The quantitative estimate of drug-likeness (QED) is 0.226. The fourth-order valence-corrected chi connectivity index (χ4v) is 6.23. The Bertz CT molecular complexity index is 1420. The number of aliphatic imine (C=N–C) groups is 1. The van der Waals surface area contributed by atoms with Crippen LogP contribution in [0.15, 0.2) is 35.3 Å². The molecule has 3 unspecified atom stereocenters. The molecule has 13 nitrogen and oxygen atoms in total. The molecule has 7 atom stereocenters. The third-order valence-corrected chi connectivity index (χ3v) is 8.52. The van der Waals surface area contributed by atoms with E-state index in [4.69, 9.17) is 23.3 Å². The van der Waals surface area contributed by atoms with Crippen LogP contribution in [0, 0.1) is 12.3 Å². The average Bonchev–Trinajstić information content (AvgIpc) is 3.43. The second-order valence-corrected chi connectivity index (χ2v) is 13.9. The van der Waals surface area contributed by atoms with E-state index in [1.54, 1.807) is 32.0 Å². The highest BCUT2D eigenvalue weighted by Crippen LogP contribution is 2.52. The minimum Gasteiger partial charge on any atom is -0.476 e. The molecule has 44 heavy (non-hydrogen) atoms. The summed E-state index contributed by atoms with van der Waals surface area (Å²) in [7, 11) is -4.53. The zero-order chi connectivity index (χ0) is 32.5. The molecule has 0 aliphatic carbocycles. The Morgan fingerprint density at radius 2 is 1.93 bits per heavy atom. The van der Waals surface area contributed by atoms with Crippen molar-refractivity contribution in [3.8, 4) is 11.6 Å². The fourth-order valence-electron chi connectivity index (χ4n) is 4.72. The highest BCUT2D eigenvalue weighted by Gasteiger charge is 2.65. The molecular formula is C29H40FN4O9P. The minimum absolute atomic E-state index is 0.0940. The number of aliphatic hydroxyl groups is 2. The highest BCUT2D eigenvalue weighted by atomic mass is 31.2. The molecule has 0 amide bonds. The number of para-hydroxylation sites is 1. The number of carbonyl (C=O) groups excluding carboxylic acids is 1. The van der Waals surface area contributed by atoms with E-state index >= 15 is 4.39 Å². The van der Waals surface area contributed by atoms with Crippen molar-refractivity contribution in [2.45, 2.75) is 84.1 Å². The summed E-state index contributed by atoms with van der Waals surface area (Å²) in [6, 6.07) is 6.73. The maximum Gasteiger partial charge on any atom is 0.459 e. The van der Waals surface area contributed by atoms with Crippen molar-refractivity contribution in [3.05, 3.63) is 41.9 Å². The van der Waals surface area contributed by atoms with E-state index in [0.717, 1.165) is 0 Å². The number of fused-ring (bicyclic) bond motifs is 1. The summed E-state index contributed by atoms with van der Waals surface area (Å²) < 4.78 is 57.9. The minimum atomic E-state index is -4.53. The molecule has 0 bridgehead atoms. The predicted octanol–water partition coefficient (Wildman–Crippen LogP) is 3.93. The van der Waals surface area contributed by atoms with Gasteiger partial charge in [-0.25, -0.2) is 13.9 Å². The SMILES string of the molecule is CCOc1nc(C)nc2c1N=CC2[C@@H]1O[C@](F)(COP(=O)(NC(C)C(=O)OCC(C)(C)C)Oc2ccccc2)[C@@H](O)[C@@]1(C)O. The van der Waals surface area contributed by atoms with Crippen LogP contribution in [0.4, 0.5) is 10.1 Å². The van der Waals surface area contributed by atoms with Crippen molar-refractivity contribution in [3.63, 3.8) is 0 Å². The Morgan fingerprint density at radius 1 is 1.25 bits per heavy atom. The summed E-state index contributed by atoms with van der Waals surface area (Å²) >= 11 is 0. The summed E-state index contributed by atoms with van der Waals surface area (Å²) in [5, 5.41) is 24.8. The molecule has 1 saturated heterocycles. The van der Waals surface area contributed by atoms with Crippen molar-refractivity contribution in [2.24, 2.45) is 10.4 Å². The average molecular weight is 639 g/mol. The van der Waals surface area contributed by atoms with Gasteiger partial charge in [0.25, 0.3) is 5.85 Å². The molecule has 15 heteroatoms. The lowest BCUT2D eigenvalue weighted by Gasteiger charge is -2.29. The van der Waals surface area contributed by atoms with Gasteiger partial charge in [-0.2, -0.15) is 10.1 Å². The molecule has 1 fully saturated rings. The topological polar surface area (TPSA) is 171 Å². The zero-order valence-electron chi connectivity index (χ0n) is 25.8. The van der Waals surface area contributed by atoms with Crippen LogP contribution < -0.4 is 14.3 Å². The van der Waals surface area contributed by atoms with Gasteiger partial charge in [0.05, 0.1) is 24.8 Å². The summed E-state index contributed by atoms with van der Waals surface area (Å²) in [5.74, 6) is -4.01. The third-order valence-electron chi connectivity index (χ3n) is 6.89. The van der Waals surface area contributed by atoms with Crippen LogP contribution in [0.2, 0.25) is 0 Å². The molecule has 3 heterocycles. The molecule has 2 aromatic rings. The van der Waals surface area contributed by atoms with E-state index < -0.39 is 55.9 Å². The van der Waals surface area contributed by atoms with Crippen LogP contribution in [-0.2, 0) is 23.4 Å². The van der Waals surface area contributed by atoms with E-state index in [1.165, 1.54) is 32.2 Å². The van der Waals surface area contributed by atoms with Crippen LogP contribution in [0.5, 0.6) is 11.6 Å². The number of aromatic nitrogens is 2. The first-order chi connectivity index (χ1) is 20.5. The number of benzene rings is 1. The van der Waals surface area contributed by atoms with Crippen molar-refractivity contribution in [2.75, 3.05) is 19.8 Å². The lowest BCUT2D eigenvalue weighted by Crippen LogP contribution is -2.51. The van der Waals surface area contributed by atoms with Crippen LogP contribution in [0.25, 0.3) is 0 Å². The monoisotopic (exact) mass is 638 g/mol. The number of carbonyl (C=O) groups is 1. The number of hydrogen-bond acceptors (Lipinski definition) is 12. The van der Waals surface area contributed by atoms with Gasteiger partial charge < -0.3 is 28.9 Å². The number of nitrogens with zero attached hydrogens (tertiary/aromatic N) is 3. The first-order valence-corrected chi connectivity index (χ1v) is 15.8. The molecule has 242 valence electrons. The standard InChI is InChI=1S/C29H40FN4O9P/c1-8-39-24-22-21(32-18(3)33-24)20(14-31-22)23-28(7,37)26(36)29(30,42-23)16-41-44(38,43-19-12-10-9-11-13-19)34-17(2)25(35)40-15-27(4,5)6/h9-14,17,20,23,26,36-37H,8,15-16H2,1-7H3,(H,34,38)/t17?,20?,23-,26-,28-,29+,44?/m0/s1. The predicted molar refractivity (Wildman–Crippen MR) is 158 cm³/mol. The van der Waals surface area contributed by atoms with Gasteiger partial charge in [0.1, 0.15) is 47.7 Å². The van der Waals surface area contributed by atoms with Gasteiger partial charge in [0.2, 0.25) is 5.88 Å². The molecule has 0 radical (unpaired) electrons. The van der Waals surface area contributed by atoms with Gasteiger partial charge >= 0.3 is 13.7 Å². The smallest absolute Gasteiger partial charge is 0.459 e. The van der Waals surface area contributed by atoms with Crippen molar-refractivity contribution in [1.29, 1.82) is 0 Å². The summed E-state index contributed by atoms with van der Waals surface area (Å²) in [6.07, 6.45) is -2.14. The highest BCUT2D eigenvalue weighted by molar-refractivity contribution is 7.52. The van der Waals surface area contributed by atoms with Gasteiger partial charge in [0, 0.05) is 6.21 Å². The molecular weight excluding hydrogens is 598 g/mol. The summed E-state index contributed by atoms with van der Waals surface area (Å²) in [6.45, 7) is 10.9. The van der Waals surface area contributed by atoms with Crippen molar-refractivity contribution >= 4 is 25.6 Å². The molecule has 0 saturated carbocycles. The van der Waals surface area contributed by atoms with Gasteiger partial charge in [-0.1, -0.05) is 39.0 Å². The first kappa shape index (κ1) is 33.9. The van der Waals surface area contributed by atoms with Gasteiger partial charge in [-0.3, -0.25) is 14.3 Å². The third kappa shape index (κ3) is 7.44. The number of alkyl halides is 1. The number of hydrogen-bond donors (Lipinski definition) is 3. The summed E-state index contributed by atoms with van der Waals surface area (Å²) in [5.41, 5.74) is -1.87. The maximum atomic E-state index is 16.4. The van der Waals surface area contributed by atoms with Crippen molar-refractivity contribution < 1.29 is 47.2 Å². The molecule has 1 aromatic heterocycles. The molecule has 2 aliphatic heterocycles. The molecule has 1 aromatic carbocycles. The van der Waals surface area contributed by atoms with E-state index in [9.17, 15) is 19.6 Å². The Labute approximate surface area is 255 Å². The van der Waals surface area contributed by atoms with Crippen LogP contribution >= 0.6 is 7.75 Å². The lowest BCUT2D eigenvalue weighted by molar-refractivity contribution is -0.193. The largest absolute Gasteiger partial charge is 0.476 e. The number of halogens is 1. The van der Waals surface area contributed by atoms with Crippen molar-refractivity contribution in [1.82, 2.24) is 15.1 Å². The normalized spacial score (nSPS) is 28.3. The number of nitrogens with one attached hydrogen (secondary N) is 1. The number of esters is 1. The molecule has 0 spiro atoms. The first-order valence-electron chi connectivity index (χ1n) is 14.2. The number of aryl methyl sites for hydroxylation is 1. The van der Waals surface area contributed by atoms with Gasteiger partial charge in [0.15, 0.2) is 0 Å². The molecule has 3 N–H and O–H groups in total. The van der Waals surface area contributed by atoms with E-state index in [-0.39, 0.29) is 23.7 Å². The van der Waals surface area contributed by atoms with E-state index in [0.29, 0.717) is 23.8 Å². The number of rotatable bonds is 12. The second-order valence-electron chi connectivity index (χ2n) is 12.2. The van der Waals surface area contributed by atoms with Gasteiger partial charge in [-0.15, -0.1) is 0 Å². The Kier molecular flexibility index (Phi) is 9.84. The maximum absolute atomic E-state index is 16.4. The Balaban J connectivity index is 1.56. The van der Waals surface area contributed by atoms with Crippen LogP contribution in [0.3, 0.4) is 0 Å². The lowest BCUT2D eigenvalue weighted by atomic mass is 9.84. The van der Waals surface area contributed by atoms with Crippen LogP contribution in [-0.4, -0.2) is 81.9 Å². The number of ether oxygens (including phenoxy) is 3. The fraction of sp³-hybridized carbons (Fsp3) is 0.586. The van der Waals surface area contributed by atoms with Crippen LogP contribution in [0.1, 0.15) is 59.0 Å². The van der Waals surface area contributed by atoms with E-state index in [1.807, 2.05) is 20.8 Å². The zero-order valence-corrected chi connectivity index (χ0v) is 26.7. The molecule has 2 aliphatic rings. The second kappa shape index (κ2) is 12.8. The summed E-state index contributed by atoms with van der Waals surface area (Å²) in [4.78, 5) is 25.6. The van der Waals surface area contributed by atoms with E-state index in [2.05, 4.69) is 20.0 Å². The Morgan fingerprint density at radius 3 is 2.57 bits per heavy atom.